The molecule has 0 aliphatic rings. The first-order chi connectivity index (χ1) is 35.2. The van der Waals surface area contributed by atoms with E-state index in [9.17, 15) is 42.9 Å². The second-order valence-electron chi connectivity index (χ2n) is 16.3. The number of carboxylic acid groups (broad SMARTS) is 1. The van der Waals surface area contributed by atoms with Gasteiger partial charge < -0.3 is 34.5 Å². The van der Waals surface area contributed by atoms with E-state index in [2.05, 4.69) is 4.98 Å². The number of H-pyrrole nitrogens is 1. The van der Waals surface area contributed by atoms with E-state index >= 15 is 0 Å². The molecule has 0 unspecified atom stereocenters. The molecule has 0 spiro atoms. The Hall–Kier alpha value is -7.85. The maximum atomic E-state index is 11.4. The molecular formula is C56H45Cl4N3O10S. The molecule has 13 nitrogen and oxygen atoms in total. The number of rotatable bonds is 12. The van der Waals surface area contributed by atoms with Gasteiger partial charge in [-0.3, -0.25) is 14.4 Å². The van der Waals surface area contributed by atoms with Gasteiger partial charge in [0, 0.05) is 125 Å². The van der Waals surface area contributed by atoms with Crippen LogP contribution in [-0.4, -0.2) is 66.3 Å². The van der Waals surface area contributed by atoms with Crippen molar-refractivity contribution in [3.05, 3.63) is 225 Å². The molecule has 18 heteroatoms. The van der Waals surface area contributed by atoms with Crippen LogP contribution >= 0.6 is 45.5 Å². The zero-order valence-electron chi connectivity index (χ0n) is 39.3. The zero-order valence-corrected chi connectivity index (χ0v) is 43.1. The number of benzene rings is 6. The maximum Gasteiger partial charge on any atom is 0.376 e. The summed E-state index contributed by atoms with van der Waals surface area (Å²) in [6.07, 6.45) is 8.28. The number of aliphatic carboxylic acids is 1. The predicted octanol–water partition coefficient (Wildman–Crippen LogP) is 13.6. The summed E-state index contributed by atoms with van der Waals surface area (Å²) in [6, 6.07) is 43.8. The predicted molar refractivity (Wildman–Crippen MR) is 294 cm³/mol. The molecule has 9 rings (SSSR count). The van der Waals surface area contributed by atoms with E-state index in [1.807, 2.05) is 100 Å². The minimum absolute atomic E-state index is 0.0448. The number of hydrogen-bond acceptors (Lipinski definition) is 9. The van der Waals surface area contributed by atoms with Crippen LogP contribution in [0.1, 0.15) is 41.7 Å². The summed E-state index contributed by atoms with van der Waals surface area (Å²) in [5.74, 6) is -3.73. The van der Waals surface area contributed by atoms with Crippen LogP contribution in [0.25, 0.3) is 50.0 Å². The number of nitrogens with one attached hydrogen (secondary N) is 1. The van der Waals surface area contributed by atoms with Crippen molar-refractivity contribution in [3.63, 3.8) is 0 Å². The van der Waals surface area contributed by atoms with Gasteiger partial charge in [0.2, 0.25) is 0 Å². The Balaban J connectivity index is 0.000000168. The summed E-state index contributed by atoms with van der Waals surface area (Å²) >= 11 is 18.0. The van der Waals surface area contributed by atoms with Gasteiger partial charge in [0.15, 0.2) is 11.6 Å². The first-order valence-electron chi connectivity index (χ1n) is 22.1. The average molecular weight is 1090 g/mol. The second-order valence-corrected chi connectivity index (χ2v) is 20.1. The number of carbonyl (C=O) groups excluding carboxylic acids is 3. The van der Waals surface area contributed by atoms with Gasteiger partial charge in [-0.15, -0.1) is 0 Å². The SMILES string of the molecule is CC(=O)C=C(O)c1c[nH]c2ccc(Cl)cc12.CC(=O)C=C(O)c1cn(Cc2ccccc2)c2ccc(Cl)cc12.O=C(O)C(=O)C=C(O)c1cn(Cc2ccccc2)c2ccc(Cl)cc12.O=S(=O)(Cl)c1ccccc1. The zero-order chi connectivity index (χ0) is 53.7. The quantitative estimate of drug-likeness (QED) is 0.0338. The van der Waals surface area contributed by atoms with Gasteiger partial charge in [0.05, 0.1) is 4.90 Å². The van der Waals surface area contributed by atoms with Gasteiger partial charge in [-0.1, -0.05) is 114 Å². The van der Waals surface area contributed by atoms with Gasteiger partial charge in [-0.2, -0.15) is 0 Å². The van der Waals surface area contributed by atoms with E-state index < -0.39 is 26.6 Å². The van der Waals surface area contributed by atoms with Gasteiger partial charge in [-0.05, 0) is 91.7 Å². The molecule has 74 heavy (non-hydrogen) atoms. The molecule has 3 aromatic heterocycles. The van der Waals surface area contributed by atoms with Crippen molar-refractivity contribution in [2.75, 3.05) is 0 Å². The van der Waals surface area contributed by atoms with E-state index in [1.54, 1.807) is 60.9 Å². The maximum absolute atomic E-state index is 11.4. The number of carboxylic acids is 1. The Morgan fingerprint density at radius 3 is 1.32 bits per heavy atom. The smallest absolute Gasteiger partial charge is 0.376 e. The molecule has 0 amide bonds. The number of fused-ring (bicyclic) bond motifs is 3. The first kappa shape index (κ1) is 55.5. The second kappa shape index (κ2) is 25.2. The third kappa shape index (κ3) is 15.1. The summed E-state index contributed by atoms with van der Waals surface area (Å²) in [7, 11) is 1.50. The molecule has 0 atom stereocenters. The summed E-state index contributed by atoms with van der Waals surface area (Å²) in [5.41, 5.74) is 6.38. The molecule has 9 aromatic rings. The van der Waals surface area contributed by atoms with Crippen LogP contribution in [0.4, 0.5) is 0 Å². The highest BCUT2D eigenvalue weighted by atomic mass is 35.7. The van der Waals surface area contributed by atoms with E-state index in [0.717, 1.165) is 38.4 Å². The number of carbonyl (C=O) groups is 4. The average Bonchev–Trinajstić information content (AvgIpc) is 4.05. The lowest BCUT2D eigenvalue weighted by atomic mass is 10.1. The Bertz CT molecular complexity index is 3720. The molecule has 0 saturated carbocycles. The van der Waals surface area contributed by atoms with Crippen molar-refractivity contribution >= 4 is 128 Å². The van der Waals surface area contributed by atoms with E-state index in [-0.39, 0.29) is 28.0 Å². The molecule has 0 saturated heterocycles. The fourth-order valence-electron chi connectivity index (χ4n) is 7.46. The fourth-order valence-corrected chi connectivity index (χ4v) is 8.77. The number of aliphatic hydroxyl groups is 3. The topological polar surface area (TPSA) is 209 Å². The highest BCUT2D eigenvalue weighted by Crippen LogP contribution is 2.32. The Labute approximate surface area is 444 Å². The summed E-state index contributed by atoms with van der Waals surface area (Å²) < 4.78 is 25.1. The molecular weight excluding hydrogens is 1050 g/mol. The number of allylic oxidation sites excluding steroid dienone is 2. The van der Waals surface area contributed by atoms with Crippen LogP contribution in [0.3, 0.4) is 0 Å². The lowest BCUT2D eigenvalue weighted by Crippen LogP contribution is -2.09. The summed E-state index contributed by atoms with van der Waals surface area (Å²) in [6.45, 7) is 4.02. The molecule has 0 aliphatic carbocycles. The molecule has 378 valence electrons. The van der Waals surface area contributed by atoms with Crippen molar-refractivity contribution in [3.8, 4) is 0 Å². The summed E-state index contributed by atoms with van der Waals surface area (Å²) in [4.78, 5) is 47.3. The minimum Gasteiger partial charge on any atom is -0.507 e. The van der Waals surface area contributed by atoms with E-state index in [0.29, 0.717) is 56.3 Å². The minimum atomic E-state index is -3.53. The van der Waals surface area contributed by atoms with Crippen molar-refractivity contribution in [1.29, 1.82) is 0 Å². The van der Waals surface area contributed by atoms with Crippen LogP contribution in [0.5, 0.6) is 0 Å². The third-order valence-electron chi connectivity index (χ3n) is 10.7. The first-order valence-corrected chi connectivity index (χ1v) is 25.5. The Morgan fingerprint density at radius 1 is 0.527 bits per heavy atom. The monoisotopic (exact) mass is 1090 g/mol. The molecule has 0 fully saturated rings. The van der Waals surface area contributed by atoms with E-state index in [4.69, 9.17) is 50.6 Å². The Kier molecular flexibility index (Phi) is 18.9. The highest BCUT2D eigenvalue weighted by molar-refractivity contribution is 8.13. The number of halogens is 4. The van der Waals surface area contributed by atoms with Gasteiger partial charge in [-0.25, -0.2) is 13.2 Å². The molecule has 3 heterocycles. The van der Waals surface area contributed by atoms with Crippen molar-refractivity contribution in [1.82, 2.24) is 14.1 Å². The van der Waals surface area contributed by atoms with Gasteiger partial charge >= 0.3 is 5.97 Å². The highest BCUT2D eigenvalue weighted by Gasteiger charge is 2.17. The van der Waals surface area contributed by atoms with Crippen LogP contribution in [0, 0.1) is 0 Å². The van der Waals surface area contributed by atoms with Crippen LogP contribution in [0.2, 0.25) is 15.1 Å². The van der Waals surface area contributed by atoms with Crippen LogP contribution in [-0.2, 0) is 41.3 Å². The number of ketones is 3. The molecule has 6 aromatic carbocycles. The number of aliphatic hydroxyl groups excluding tert-OH is 3. The summed E-state index contributed by atoms with van der Waals surface area (Å²) in [5, 5.41) is 42.8. The molecule has 5 N–H and O–H groups in total. The Morgan fingerprint density at radius 2 is 0.919 bits per heavy atom. The lowest BCUT2D eigenvalue weighted by Gasteiger charge is -2.05. The van der Waals surface area contributed by atoms with Crippen molar-refractivity contribution in [2.45, 2.75) is 31.8 Å². The van der Waals surface area contributed by atoms with E-state index in [1.165, 1.54) is 38.1 Å². The van der Waals surface area contributed by atoms with Crippen LogP contribution < -0.4 is 0 Å². The number of nitrogens with zero attached hydrogens (tertiary/aromatic N) is 2. The van der Waals surface area contributed by atoms with Crippen molar-refractivity contribution in [2.24, 2.45) is 0 Å². The largest absolute Gasteiger partial charge is 0.507 e. The van der Waals surface area contributed by atoms with Gasteiger partial charge in [0.1, 0.15) is 17.3 Å². The number of hydrogen-bond donors (Lipinski definition) is 5. The normalized spacial score (nSPS) is 11.7. The van der Waals surface area contributed by atoms with Gasteiger partial charge in [0.25, 0.3) is 14.8 Å². The number of aromatic nitrogens is 3. The molecule has 0 bridgehead atoms. The third-order valence-corrected chi connectivity index (χ3v) is 12.8. The lowest BCUT2D eigenvalue weighted by molar-refractivity contribution is -0.146. The van der Waals surface area contributed by atoms with Crippen molar-refractivity contribution < 1.29 is 48.0 Å². The van der Waals surface area contributed by atoms with Crippen LogP contribution in [0.15, 0.2) is 187 Å². The standard InChI is InChI=1S/C19H14ClNO4.C19H16ClNO2.C12H10ClNO2.C6H5ClO2S/c20-13-6-7-16-14(8-13)15(17(22)9-18(23)19(24)25)11-21(16)10-12-4-2-1-3-5-12;1-13(22)9-19(23)17-12-21(11-14-5-3-2-4-6-14)18-8-7-15(20)10-16(17)18;1-7(15)4-12(16)10-6-14-11-3-2-8(13)5-9(10)11;7-10(8,9)6-4-2-1-3-5-6/h1-9,11,22H,10H2,(H,24,25);2-10,12,23H,11H2,1H3;2-6,14,16H,1H3;1-5H. The number of aromatic amines is 1. The molecule has 0 aliphatic heterocycles. The molecule has 0 radical (unpaired) electrons. The fraction of sp³-hybridized carbons (Fsp3) is 0.0714.